The number of rotatable bonds is 20. The molecule has 2 unspecified atom stereocenters. The number of nitrogens with one attached hydrogen (secondary N) is 1. The highest BCUT2D eigenvalue weighted by molar-refractivity contribution is 7.99. The lowest BCUT2D eigenvalue weighted by Gasteiger charge is -2.20. The molecule has 0 bridgehead atoms. The molecule has 0 aromatic carbocycles. The Balaban J connectivity index is 1.80. The van der Waals surface area contributed by atoms with Gasteiger partial charge in [0.05, 0.1) is 18.8 Å². The van der Waals surface area contributed by atoms with Crippen LogP contribution >= 0.6 is 11.8 Å². The summed E-state index contributed by atoms with van der Waals surface area (Å²) in [7, 11) is 0. The number of hydrogen-bond donors (Lipinski definition) is 6. The molecule has 42 heavy (non-hydrogen) atoms. The smallest absolute Gasteiger partial charge is 0.306 e. The van der Waals surface area contributed by atoms with Crippen LogP contribution in [0.1, 0.15) is 65.2 Å². The van der Waals surface area contributed by atoms with E-state index in [1.807, 2.05) is 13.8 Å². The van der Waals surface area contributed by atoms with Gasteiger partial charge < -0.3 is 45.7 Å². The van der Waals surface area contributed by atoms with E-state index >= 15 is 0 Å². The zero-order chi connectivity index (χ0) is 31.1. The molecule has 2 rings (SSSR count). The van der Waals surface area contributed by atoms with E-state index in [1.54, 1.807) is 0 Å². The molecule has 0 saturated carbocycles. The molecule has 15 nitrogen and oxygen atoms in total. The fraction of sp³-hybridized carbons (Fsp3) is 0.808. The third-order valence-electron chi connectivity index (χ3n) is 6.45. The number of esters is 2. The maximum Gasteiger partial charge on any atom is 0.306 e. The van der Waals surface area contributed by atoms with Crippen molar-refractivity contribution in [1.82, 2.24) is 15.0 Å². The molecule has 0 spiro atoms. The maximum absolute atomic E-state index is 12.6. The van der Waals surface area contributed by atoms with Gasteiger partial charge in [0.25, 0.3) is 0 Å². The van der Waals surface area contributed by atoms with Crippen LogP contribution in [0.2, 0.25) is 0 Å². The van der Waals surface area contributed by atoms with Crippen LogP contribution in [-0.4, -0.2) is 114 Å². The van der Waals surface area contributed by atoms with Gasteiger partial charge in [-0.3, -0.25) is 14.4 Å². The molecule has 240 valence electrons. The van der Waals surface area contributed by atoms with Gasteiger partial charge >= 0.3 is 11.9 Å². The van der Waals surface area contributed by atoms with Gasteiger partial charge in [-0.1, -0.05) is 44.7 Å². The first-order valence-electron chi connectivity index (χ1n) is 14.3. The first-order chi connectivity index (χ1) is 20.0. The Morgan fingerprint density at radius 2 is 1.74 bits per heavy atom. The second-order valence-electron chi connectivity index (χ2n) is 10.2. The number of aliphatic hydroxyl groups is 4. The van der Waals surface area contributed by atoms with Gasteiger partial charge in [0.1, 0.15) is 37.1 Å². The molecule has 7 atom stereocenters. The number of thioether (sulfide) groups is 1. The quantitative estimate of drug-likeness (QED) is 0.0813. The van der Waals surface area contributed by atoms with Crippen molar-refractivity contribution < 1.29 is 49.0 Å². The molecule has 16 heteroatoms. The van der Waals surface area contributed by atoms with Crippen molar-refractivity contribution in [3.63, 3.8) is 0 Å². The molecule has 1 aliphatic rings. The van der Waals surface area contributed by atoms with Gasteiger partial charge in [-0.2, -0.15) is 11.8 Å². The molecule has 0 radical (unpaired) electrons. The zero-order valence-corrected chi connectivity index (χ0v) is 25.0. The second kappa shape index (κ2) is 19.0. The number of amides is 1. The number of unbranched alkanes of at least 4 members (excludes halogenated alkanes) is 4. The summed E-state index contributed by atoms with van der Waals surface area (Å²) in [6, 6.07) is -0.951. The highest BCUT2D eigenvalue weighted by atomic mass is 32.2. The Kier molecular flexibility index (Phi) is 16.3. The van der Waals surface area contributed by atoms with Crippen molar-refractivity contribution >= 4 is 35.4 Å². The molecule has 0 aliphatic carbocycles. The lowest BCUT2D eigenvalue weighted by atomic mass is 10.1. The summed E-state index contributed by atoms with van der Waals surface area (Å²) in [5.74, 6) is -0.753. The van der Waals surface area contributed by atoms with Crippen LogP contribution in [0.15, 0.2) is 6.20 Å². The normalized spacial score (nSPS) is 22.4. The molecule has 1 fully saturated rings. The zero-order valence-electron chi connectivity index (χ0n) is 24.2. The number of carbonyl (C=O) groups excluding carboxylic acids is 3. The largest absolute Gasteiger partial charge is 0.462 e. The predicted octanol–water partition coefficient (Wildman–Crippen LogP) is -0.307. The van der Waals surface area contributed by atoms with Gasteiger partial charge in [0.15, 0.2) is 12.1 Å². The van der Waals surface area contributed by atoms with Crippen LogP contribution < -0.4 is 11.1 Å². The number of hydrogen-bond acceptors (Lipinski definition) is 14. The highest BCUT2D eigenvalue weighted by Gasteiger charge is 2.45. The molecule has 7 N–H and O–H groups in total. The van der Waals surface area contributed by atoms with Crippen molar-refractivity contribution in [3.8, 4) is 0 Å². The Bertz CT molecular complexity index is 970. The fourth-order valence-corrected chi connectivity index (χ4v) is 4.99. The summed E-state index contributed by atoms with van der Waals surface area (Å²) in [5.41, 5.74) is 6.02. The molecule has 1 saturated heterocycles. The number of nitrogens with zero attached hydrogens (tertiary/aromatic N) is 3. The summed E-state index contributed by atoms with van der Waals surface area (Å²) in [6.45, 7) is 3.80. The number of carbonyl (C=O) groups is 3. The number of aliphatic hydroxyl groups excluding tert-OH is 4. The van der Waals surface area contributed by atoms with Crippen LogP contribution in [0.5, 0.6) is 0 Å². The van der Waals surface area contributed by atoms with E-state index in [1.165, 1.54) is 22.6 Å². The van der Waals surface area contributed by atoms with Crippen LogP contribution in [-0.2, 0) is 35.1 Å². The molecule has 1 aromatic heterocycles. The molecular formula is C26H45N5O10S. The van der Waals surface area contributed by atoms with Crippen LogP contribution in [0.4, 0.5) is 5.82 Å². The fourth-order valence-electron chi connectivity index (χ4n) is 4.02. The minimum absolute atomic E-state index is 0.0643. The number of ether oxygens (including phenoxy) is 3. The lowest BCUT2D eigenvalue weighted by Crippen LogP contribution is -2.40. The highest BCUT2D eigenvalue weighted by Crippen LogP contribution is 2.23. The standard InChI is InChI=1S/C26H45N5O10S/c1-3-5-7-9-20(33)39-13-16(40-21(34)10-8-6-4-2)14-42-15-17(27)25(37)28-19-12-31(30-29-19)11-18(32)24-22(35)23(36)26(38)41-24/h12,16-18,22-24,26,32,35-36,38H,3-11,13-15,27H2,1-2H3,(H,28,37)/t16-,17-,18+,22+,23+,24?,26?/m1/s1. The van der Waals surface area contributed by atoms with Gasteiger partial charge in [0.2, 0.25) is 5.91 Å². The minimum atomic E-state index is -1.62. The SMILES string of the molecule is CCCCCC(=O)OC[C@H](CSC[C@@H](N)C(=O)Nc1cn(C[C@H](O)C2OC(O)[C@@H](O)[C@@H]2O)nn1)OC(=O)CCCCC. The van der Waals surface area contributed by atoms with Crippen LogP contribution in [0.25, 0.3) is 0 Å². The molecule has 2 heterocycles. The van der Waals surface area contributed by atoms with E-state index in [4.69, 9.17) is 19.9 Å². The molecule has 1 aromatic rings. The maximum atomic E-state index is 12.6. The van der Waals surface area contributed by atoms with Gasteiger partial charge in [-0.15, -0.1) is 5.10 Å². The monoisotopic (exact) mass is 619 g/mol. The average molecular weight is 620 g/mol. The van der Waals surface area contributed by atoms with E-state index in [9.17, 15) is 34.8 Å². The first-order valence-corrected chi connectivity index (χ1v) is 15.5. The number of nitrogens with two attached hydrogens (primary N) is 1. The summed E-state index contributed by atoms with van der Waals surface area (Å²) >= 11 is 1.27. The Morgan fingerprint density at radius 1 is 1.07 bits per heavy atom. The van der Waals surface area contributed by atoms with E-state index in [-0.39, 0.29) is 48.8 Å². The lowest BCUT2D eigenvalue weighted by molar-refractivity contribution is -0.157. The predicted molar refractivity (Wildman–Crippen MR) is 152 cm³/mol. The second-order valence-corrected chi connectivity index (χ2v) is 11.3. The summed E-state index contributed by atoms with van der Waals surface area (Å²) in [6.07, 6.45) is -0.778. The third kappa shape index (κ3) is 12.5. The molecular weight excluding hydrogens is 574 g/mol. The summed E-state index contributed by atoms with van der Waals surface area (Å²) < 4.78 is 17.0. The van der Waals surface area contributed by atoms with Crippen molar-refractivity contribution in [1.29, 1.82) is 0 Å². The van der Waals surface area contributed by atoms with E-state index in [2.05, 4.69) is 15.6 Å². The van der Waals surface area contributed by atoms with Crippen molar-refractivity contribution in [2.24, 2.45) is 5.73 Å². The minimum Gasteiger partial charge on any atom is -0.462 e. The first kappa shape index (κ1) is 35.9. The Labute approximate surface area is 249 Å². The van der Waals surface area contributed by atoms with Crippen molar-refractivity contribution in [2.45, 2.75) is 115 Å². The molecule has 1 amide bonds. The summed E-state index contributed by atoms with van der Waals surface area (Å²) in [5, 5.41) is 49.4. The Hall–Kier alpha value is -2.34. The van der Waals surface area contributed by atoms with E-state index in [0.717, 1.165) is 32.1 Å². The Morgan fingerprint density at radius 3 is 2.36 bits per heavy atom. The van der Waals surface area contributed by atoms with Crippen molar-refractivity contribution in [3.05, 3.63) is 6.20 Å². The van der Waals surface area contributed by atoms with E-state index in [0.29, 0.717) is 12.8 Å². The third-order valence-corrected chi connectivity index (χ3v) is 7.66. The summed E-state index contributed by atoms with van der Waals surface area (Å²) in [4.78, 5) is 36.8. The number of anilines is 1. The van der Waals surface area contributed by atoms with Crippen LogP contribution in [0, 0.1) is 0 Å². The molecule has 1 aliphatic heterocycles. The van der Waals surface area contributed by atoms with E-state index < -0.39 is 48.8 Å². The number of aromatic nitrogens is 3. The topological polar surface area (TPSA) is 229 Å². The van der Waals surface area contributed by atoms with Gasteiger partial charge in [-0.25, -0.2) is 4.68 Å². The van der Waals surface area contributed by atoms with Crippen molar-refractivity contribution in [2.75, 3.05) is 23.4 Å². The van der Waals surface area contributed by atoms with Crippen LogP contribution in [0.3, 0.4) is 0 Å². The average Bonchev–Trinajstić information content (AvgIpc) is 3.50. The van der Waals surface area contributed by atoms with Gasteiger partial charge in [-0.05, 0) is 12.8 Å². The van der Waals surface area contributed by atoms with Gasteiger partial charge in [0, 0.05) is 24.3 Å².